The van der Waals surface area contributed by atoms with E-state index in [-0.39, 0.29) is 5.91 Å². The Morgan fingerprint density at radius 2 is 2.00 bits per heavy atom. The van der Waals surface area contributed by atoms with Crippen LogP contribution in [0.25, 0.3) is 22.0 Å². The number of rotatable bonds is 6. The Morgan fingerprint density at radius 1 is 1.12 bits per heavy atom. The second-order valence-electron chi connectivity index (χ2n) is 7.93. The Morgan fingerprint density at radius 3 is 2.78 bits per heavy atom. The van der Waals surface area contributed by atoms with E-state index in [2.05, 4.69) is 42.7 Å². The largest absolute Gasteiger partial charge is 0.353 e. The lowest BCUT2D eigenvalue weighted by atomic mass is 10.1. The summed E-state index contributed by atoms with van der Waals surface area (Å²) in [5.41, 5.74) is 2.30. The number of pyridine rings is 2. The number of nitrogens with one attached hydrogen (secondary N) is 2. The molecular weight excluding hydrogens is 404 g/mol. The molecule has 1 saturated heterocycles. The predicted octanol–water partition coefficient (Wildman–Crippen LogP) is 2.48. The third-order valence-corrected chi connectivity index (χ3v) is 5.57. The maximum atomic E-state index is 12.9. The Balaban J connectivity index is 1.33. The monoisotopic (exact) mass is 428 g/mol. The lowest BCUT2D eigenvalue weighted by Crippen LogP contribution is -2.58. The van der Waals surface area contributed by atoms with Crippen molar-refractivity contribution in [2.24, 2.45) is 7.05 Å². The summed E-state index contributed by atoms with van der Waals surface area (Å²) in [6, 6.07) is 11.9. The molecule has 5 rings (SSSR count). The quantitative estimate of drug-likeness (QED) is 0.487. The topological polar surface area (TPSA) is 101 Å². The summed E-state index contributed by atoms with van der Waals surface area (Å²) in [6.45, 7) is 4.84. The van der Waals surface area contributed by atoms with Crippen molar-refractivity contribution < 1.29 is 4.79 Å². The van der Waals surface area contributed by atoms with Gasteiger partial charge >= 0.3 is 0 Å². The van der Waals surface area contributed by atoms with E-state index in [0.29, 0.717) is 17.4 Å². The fourth-order valence-corrected chi connectivity index (χ4v) is 3.85. The number of hydrogen-bond acceptors (Lipinski definition) is 7. The molecule has 1 amide bonds. The lowest BCUT2D eigenvalue weighted by molar-refractivity contribution is 0.102. The van der Waals surface area contributed by atoms with Gasteiger partial charge in [0.05, 0.1) is 6.20 Å². The van der Waals surface area contributed by atoms with Crippen LogP contribution in [0.5, 0.6) is 0 Å². The number of likely N-dealkylation sites (N-methyl/N-ethyl adjacent to an activating group) is 1. The van der Waals surface area contributed by atoms with Crippen LogP contribution < -0.4 is 15.5 Å². The van der Waals surface area contributed by atoms with Crippen molar-refractivity contribution in [3.63, 3.8) is 0 Å². The van der Waals surface area contributed by atoms with Crippen molar-refractivity contribution in [1.82, 2.24) is 30.3 Å². The van der Waals surface area contributed by atoms with E-state index in [0.717, 1.165) is 47.5 Å². The molecule has 0 bridgehead atoms. The van der Waals surface area contributed by atoms with Crippen LogP contribution in [0.15, 0.2) is 55.0 Å². The number of nitrogens with zero attached hydrogens (tertiary/aromatic N) is 6. The van der Waals surface area contributed by atoms with Crippen molar-refractivity contribution >= 4 is 28.3 Å². The molecule has 1 aromatic carbocycles. The molecule has 1 aliphatic heterocycles. The van der Waals surface area contributed by atoms with Crippen LogP contribution in [0.4, 0.5) is 11.6 Å². The standard InChI is InChI=1S/C23H24N8O/c1-3-24-19-12-31(13-19)22-10-16(6-7-25-22)23(32)27-21-9-18-8-15(4-5-17(18)11-26-21)20-14-30(2)29-28-20/h4-11,14,19,24H,3,12-13H2,1-2H3,(H,26,27,32). The third kappa shape index (κ3) is 4.02. The highest BCUT2D eigenvalue weighted by molar-refractivity contribution is 6.05. The maximum absolute atomic E-state index is 12.9. The molecule has 0 atom stereocenters. The smallest absolute Gasteiger partial charge is 0.257 e. The number of carbonyl (C=O) groups excluding carboxylic acids is 1. The molecule has 9 heteroatoms. The van der Waals surface area contributed by atoms with Crippen LogP contribution in [-0.2, 0) is 7.05 Å². The molecule has 4 heterocycles. The van der Waals surface area contributed by atoms with Gasteiger partial charge in [-0.15, -0.1) is 5.10 Å². The second-order valence-corrected chi connectivity index (χ2v) is 7.93. The van der Waals surface area contributed by atoms with E-state index in [1.165, 1.54) is 0 Å². The molecule has 0 radical (unpaired) electrons. The fourth-order valence-electron chi connectivity index (χ4n) is 3.85. The molecule has 0 unspecified atom stereocenters. The Kier molecular flexibility index (Phi) is 5.24. The minimum Gasteiger partial charge on any atom is -0.353 e. The summed E-state index contributed by atoms with van der Waals surface area (Å²) in [5, 5.41) is 16.4. The lowest BCUT2D eigenvalue weighted by Gasteiger charge is -2.40. The van der Waals surface area contributed by atoms with Crippen LogP contribution >= 0.6 is 0 Å². The van der Waals surface area contributed by atoms with Crippen molar-refractivity contribution in [3.05, 3.63) is 60.6 Å². The molecular formula is C23H24N8O. The first-order chi connectivity index (χ1) is 15.6. The van der Waals surface area contributed by atoms with Crippen LogP contribution in [0, 0.1) is 0 Å². The normalized spacial score (nSPS) is 13.9. The Bertz CT molecular complexity index is 1280. The summed E-state index contributed by atoms with van der Waals surface area (Å²) in [6.07, 6.45) is 5.29. The number of anilines is 2. The Labute approximate surface area is 185 Å². The van der Waals surface area contributed by atoms with Gasteiger partial charge < -0.3 is 15.5 Å². The van der Waals surface area contributed by atoms with Gasteiger partial charge in [0.15, 0.2) is 0 Å². The number of aromatic nitrogens is 5. The average molecular weight is 429 g/mol. The van der Waals surface area contributed by atoms with Crippen LogP contribution in [-0.4, -0.2) is 56.5 Å². The highest BCUT2D eigenvalue weighted by Gasteiger charge is 2.27. The van der Waals surface area contributed by atoms with Gasteiger partial charge in [-0.2, -0.15) is 0 Å². The maximum Gasteiger partial charge on any atom is 0.257 e. The summed E-state index contributed by atoms with van der Waals surface area (Å²) in [4.78, 5) is 23.8. The molecule has 4 aromatic rings. The average Bonchev–Trinajstić information content (AvgIpc) is 3.22. The van der Waals surface area contributed by atoms with Crippen molar-refractivity contribution in [3.8, 4) is 11.3 Å². The Hall–Kier alpha value is -3.85. The molecule has 0 aliphatic carbocycles. The molecule has 1 fully saturated rings. The first kappa shape index (κ1) is 20.1. The molecule has 1 aliphatic rings. The molecule has 9 nitrogen and oxygen atoms in total. The van der Waals surface area contributed by atoms with E-state index >= 15 is 0 Å². The molecule has 0 saturated carbocycles. The molecule has 32 heavy (non-hydrogen) atoms. The van der Waals surface area contributed by atoms with Gasteiger partial charge in [-0.1, -0.05) is 24.3 Å². The molecule has 0 spiro atoms. The van der Waals surface area contributed by atoms with E-state index in [1.807, 2.05) is 43.6 Å². The first-order valence-electron chi connectivity index (χ1n) is 10.6. The van der Waals surface area contributed by atoms with Crippen LogP contribution in [0.1, 0.15) is 17.3 Å². The minimum absolute atomic E-state index is 0.214. The van der Waals surface area contributed by atoms with Gasteiger partial charge in [-0.3, -0.25) is 9.48 Å². The van der Waals surface area contributed by atoms with Gasteiger partial charge in [0, 0.05) is 55.1 Å². The third-order valence-electron chi connectivity index (χ3n) is 5.57. The zero-order valence-electron chi connectivity index (χ0n) is 18.0. The predicted molar refractivity (Wildman–Crippen MR) is 124 cm³/mol. The van der Waals surface area contributed by atoms with Gasteiger partial charge in [-0.05, 0) is 36.2 Å². The number of carbonyl (C=O) groups is 1. The minimum atomic E-state index is -0.214. The van der Waals surface area contributed by atoms with Crippen molar-refractivity contribution in [2.45, 2.75) is 13.0 Å². The van der Waals surface area contributed by atoms with Gasteiger partial charge in [0.1, 0.15) is 17.3 Å². The zero-order valence-corrected chi connectivity index (χ0v) is 18.0. The summed E-state index contributed by atoms with van der Waals surface area (Å²) < 4.78 is 1.67. The number of amides is 1. The summed E-state index contributed by atoms with van der Waals surface area (Å²) in [5.74, 6) is 1.09. The first-order valence-corrected chi connectivity index (χ1v) is 10.6. The number of hydrogen-bond donors (Lipinski definition) is 2. The van der Waals surface area contributed by atoms with Crippen molar-refractivity contribution in [1.29, 1.82) is 0 Å². The van der Waals surface area contributed by atoms with Gasteiger partial charge in [0.2, 0.25) is 0 Å². The van der Waals surface area contributed by atoms with E-state index in [4.69, 9.17) is 0 Å². The van der Waals surface area contributed by atoms with E-state index in [1.54, 1.807) is 23.1 Å². The summed E-state index contributed by atoms with van der Waals surface area (Å²) in [7, 11) is 1.84. The highest BCUT2D eigenvalue weighted by Crippen LogP contribution is 2.25. The molecule has 162 valence electrons. The van der Waals surface area contributed by atoms with E-state index in [9.17, 15) is 4.79 Å². The number of benzene rings is 1. The fraction of sp³-hybridized carbons (Fsp3) is 0.261. The van der Waals surface area contributed by atoms with Crippen LogP contribution in [0.3, 0.4) is 0 Å². The zero-order chi connectivity index (χ0) is 22.1. The van der Waals surface area contributed by atoms with Crippen LogP contribution in [0.2, 0.25) is 0 Å². The van der Waals surface area contributed by atoms with Crippen molar-refractivity contribution in [2.75, 3.05) is 29.9 Å². The number of aryl methyl sites for hydroxylation is 1. The van der Waals surface area contributed by atoms with Gasteiger partial charge in [-0.25, -0.2) is 9.97 Å². The highest BCUT2D eigenvalue weighted by atomic mass is 16.1. The molecule has 3 aromatic heterocycles. The molecule has 2 N–H and O–H groups in total. The number of fused-ring (bicyclic) bond motifs is 1. The van der Waals surface area contributed by atoms with E-state index < -0.39 is 0 Å². The SMILES string of the molecule is CCNC1CN(c2cc(C(=O)Nc3cc4cc(-c5cn(C)nn5)ccc4cn3)ccn2)C1. The summed E-state index contributed by atoms with van der Waals surface area (Å²) >= 11 is 0. The van der Waals surface area contributed by atoms with Gasteiger partial charge in [0.25, 0.3) is 5.91 Å². The second kappa shape index (κ2) is 8.35.